The molecular weight excluding hydrogens is 188 g/mol. The Balaban J connectivity index is 2.43. The van der Waals surface area contributed by atoms with Crippen LogP contribution < -0.4 is 10.2 Å². The smallest absolute Gasteiger partial charge is 0.146 e. The summed E-state index contributed by atoms with van der Waals surface area (Å²) in [5, 5.41) is 3.33. The van der Waals surface area contributed by atoms with E-state index in [1.165, 1.54) is 0 Å². The molecule has 1 N–H and O–H groups in total. The van der Waals surface area contributed by atoms with Crippen molar-refractivity contribution in [2.75, 3.05) is 25.5 Å². The average molecular weight is 208 g/mol. The van der Waals surface area contributed by atoms with Crippen molar-refractivity contribution in [2.45, 2.75) is 20.4 Å². The predicted molar refractivity (Wildman–Crippen MR) is 62.9 cm³/mol. The summed E-state index contributed by atoms with van der Waals surface area (Å²) < 4.78 is 0. The number of rotatable bonds is 5. The standard InChI is InChI=1S/C11H20N4/c1-9(2)5-12-6-10-7-14-11(8-13-10)15(3)4/h7-9,12H,5-6H2,1-4H3. The summed E-state index contributed by atoms with van der Waals surface area (Å²) in [6.45, 7) is 6.18. The molecule has 0 unspecified atom stereocenters. The van der Waals surface area contributed by atoms with E-state index in [9.17, 15) is 0 Å². The van der Waals surface area contributed by atoms with Gasteiger partial charge in [0, 0.05) is 20.6 Å². The molecule has 1 aromatic rings. The highest BCUT2D eigenvalue weighted by Gasteiger charge is 1.99. The third-order valence-corrected chi connectivity index (χ3v) is 2.01. The first-order valence-corrected chi connectivity index (χ1v) is 5.28. The third-order valence-electron chi connectivity index (χ3n) is 2.01. The van der Waals surface area contributed by atoms with Gasteiger partial charge in [-0.15, -0.1) is 0 Å². The van der Waals surface area contributed by atoms with Gasteiger partial charge in [-0.05, 0) is 12.5 Å². The highest BCUT2D eigenvalue weighted by molar-refractivity contribution is 5.32. The number of anilines is 1. The molecule has 1 aromatic heterocycles. The quantitative estimate of drug-likeness (QED) is 0.791. The van der Waals surface area contributed by atoms with E-state index in [1.807, 2.05) is 25.2 Å². The maximum absolute atomic E-state index is 4.33. The van der Waals surface area contributed by atoms with Gasteiger partial charge in [0.2, 0.25) is 0 Å². The molecule has 4 heteroatoms. The van der Waals surface area contributed by atoms with E-state index < -0.39 is 0 Å². The first-order valence-electron chi connectivity index (χ1n) is 5.28. The summed E-state index contributed by atoms with van der Waals surface area (Å²) >= 11 is 0. The van der Waals surface area contributed by atoms with Gasteiger partial charge in [0.1, 0.15) is 5.82 Å². The van der Waals surface area contributed by atoms with Crippen LogP contribution in [0.3, 0.4) is 0 Å². The fourth-order valence-corrected chi connectivity index (χ4v) is 1.16. The summed E-state index contributed by atoms with van der Waals surface area (Å²) in [6.07, 6.45) is 3.62. The summed E-state index contributed by atoms with van der Waals surface area (Å²) in [4.78, 5) is 10.6. The minimum absolute atomic E-state index is 0.666. The van der Waals surface area contributed by atoms with Crippen LogP contribution in [0, 0.1) is 5.92 Å². The van der Waals surface area contributed by atoms with Crippen molar-refractivity contribution in [1.82, 2.24) is 15.3 Å². The third kappa shape index (κ3) is 4.25. The van der Waals surface area contributed by atoms with Gasteiger partial charge < -0.3 is 10.2 Å². The van der Waals surface area contributed by atoms with Gasteiger partial charge in [-0.2, -0.15) is 0 Å². The lowest BCUT2D eigenvalue weighted by Gasteiger charge is -2.11. The Bertz CT molecular complexity index is 279. The van der Waals surface area contributed by atoms with Crippen molar-refractivity contribution < 1.29 is 0 Å². The number of nitrogens with one attached hydrogen (secondary N) is 1. The Hall–Kier alpha value is -1.16. The zero-order valence-corrected chi connectivity index (χ0v) is 9.99. The summed E-state index contributed by atoms with van der Waals surface area (Å²) in [7, 11) is 3.92. The van der Waals surface area contributed by atoms with E-state index >= 15 is 0 Å². The van der Waals surface area contributed by atoms with Crippen LogP contribution in [0.1, 0.15) is 19.5 Å². The fourth-order valence-electron chi connectivity index (χ4n) is 1.16. The van der Waals surface area contributed by atoms with Crippen LogP contribution in [-0.4, -0.2) is 30.6 Å². The molecular formula is C11H20N4. The molecule has 0 radical (unpaired) electrons. The van der Waals surface area contributed by atoms with E-state index in [0.717, 1.165) is 24.6 Å². The molecule has 0 aliphatic carbocycles. The molecule has 15 heavy (non-hydrogen) atoms. The van der Waals surface area contributed by atoms with Crippen molar-refractivity contribution in [1.29, 1.82) is 0 Å². The maximum atomic E-state index is 4.33. The minimum atomic E-state index is 0.666. The molecule has 4 nitrogen and oxygen atoms in total. The van der Waals surface area contributed by atoms with E-state index in [4.69, 9.17) is 0 Å². The second-order valence-electron chi connectivity index (χ2n) is 4.29. The van der Waals surface area contributed by atoms with Crippen LogP contribution >= 0.6 is 0 Å². The van der Waals surface area contributed by atoms with E-state index in [1.54, 1.807) is 6.20 Å². The second-order valence-corrected chi connectivity index (χ2v) is 4.29. The molecule has 0 amide bonds. The van der Waals surface area contributed by atoms with Gasteiger partial charge in [-0.25, -0.2) is 4.98 Å². The zero-order valence-electron chi connectivity index (χ0n) is 9.99. The molecule has 1 heterocycles. The van der Waals surface area contributed by atoms with Crippen molar-refractivity contribution >= 4 is 5.82 Å². The highest BCUT2D eigenvalue weighted by atomic mass is 15.1. The predicted octanol–water partition coefficient (Wildman–Crippen LogP) is 1.29. The first kappa shape index (κ1) is 11.9. The summed E-state index contributed by atoms with van der Waals surface area (Å²) in [5.74, 6) is 1.56. The summed E-state index contributed by atoms with van der Waals surface area (Å²) in [6, 6.07) is 0. The van der Waals surface area contributed by atoms with Gasteiger partial charge >= 0.3 is 0 Å². The lowest BCUT2D eigenvalue weighted by atomic mass is 10.2. The van der Waals surface area contributed by atoms with Crippen molar-refractivity contribution in [3.05, 3.63) is 18.1 Å². The number of hydrogen-bond donors (Lipinski definition) is 1. The lowest BCUT2D eigenvalue weighted by Crippen LogP contribution is -2.20. The van der Waals surface area contributed by atoms with Gasteiger partial charge in [-0.3, -0.25) is 4.98 Å². The molecule has 0 atom stereocenters. The second kappa shape index (κ2) is 5.66. The first-order chi connectivity index (χ1) is 7.09. The Labute approximate surface area is 91.7 Å². The van der Waals surface area contributed by atoms with Gasteiger partial charge in [0.25, 0.3) is 0 Å². The molecule has 0 fully saturated rings. The molecule has 0 aliphatic heterocycles. The fraction of sp³-hybridized carbons (Fsp3) is 0.636. The zero-order chi connectivity index (χ0) is 11.3. The lowest BCUT2D eigenvalue weighted by molar-refractivity contribution is 0.547. The molecule has 84 valence electrons. The van der Waals surface area contributed by atoms with Crippen molar-refractivity contribution in [3.8, 4) is 0 Å². The van der Waals surface area contributed by atoms with E-state index in [2.05, 4.69) is 29.1 Å². The number of hydrogen-bond acceptors (Lipinski definition) is 4. The Morgan fingerprint density at radius 1 is 1.27 bits per heavy atom. The Kier molecular flexibility index (Phi) is 4.49. The topological polar surface area (TPSA) is 41.1 Å². The van der Waals surface area contributed by atoms with Gasteiger partial charge in [-0.1, -0.05) is 13.8 Å². The Morgan fingerprint density at radius 3 is 2.47 bits per heavy atom. The van der Waals surface area contributed by atoms with Crippen LogP contribution in [0.25, 0.3) is 0 Å². The van der Waals surface area contributed by atoms with E-state index in [0.29, 0.717) is 5.92 Å². The van der Waals surface area contributed by atoms with Crippen LogP contribution in [0.15, 0.2) is 12.4 Å². The largest absolute Gasteiger partial charge is 0.361 e. The van der Waals surface area contributed by atoms with E-state index in [-0.39, 0.29) is 0 Å². The molecule has 1 rings (SSSR count). The molecule has 0 spiro atoms. The van der Waals surface area contributed by atoms with Gasteiger partial charge in [0.15, 0.2) is 0 Å². The summed E-state index contributed by atoms with van der Waals surface area (Å²) in [5.41, 5.74) is 0.987. The van der Waals surface area contributed by atoms with Crippen molar-refractivity contribution in [2.24, 2.45) is 5.92 Å². The van der Waals surface area contributed by atoms with Crippen LogP contribution in [-0.2, 0) is 6.54 Å². The minimum Gasteiger partial charge on any atom is -0.361 e. The SMILES string of the molecule is CC(C)CNCc1cnc(N(C)C)cn1. The van der Waals surface area contributed by atoms with Gasteiger partial charge in [0.05, 0.1) is 18.1 Å². The monoisotopic (exact) mass is 208 g/mol. The molecule has 0 saturated carbocycles. The molecule has 0 aliphatic rings. The van der Waals surface area contributed by atoms with Crippen LogP contribution in [0.4, 0.5) is 5.82 Å². The van der Waals surface area contributed by atoms with Crippen molar-refractivity contribution in [3.63, 3.8) is 0 Å². The maximum Gasteiger partial charge on any atom is 0.146 e. The molecule has 0 bridgehead atoms. The molecule has 0 saturated heterocycles. The number of aromatic nitrogens is 2. The Morgan fingerprint density at radius 2 is 2.00 bits per heavy atom. The van der Waals surface area contributed by atoms with Crippen LogP contribution in [0.5, 0.6) is 0 Å². The molecule has 0 aromatic carbocycles. The average Bonchev–Trinajstić information content (AvgIpc) is 2.18. The highest BCUT2D eigenvalue weighted by Crippen LogP contribution is 2.03. The number of nitrogens with zero attached hydrogens (tertiary/aromatic N) is 3. The normalized spacial score (nSPS) is 10.7. The van der Waals surface area contributed by atoms with Crippen LogP contribution in [0.2, 0.25) is 0 Å².